The number of hydrogen-bond acceptors (Lipinski definition) is 4. The van der Waals surface area contributed by atoms with Crippen LogP contribution in [0.3, 0.4) is 0 Å². The van der Waals surface area contributed by atoms with Gasteiger partial charge in [-0.1, -0.05) is 48.5 Å². The zero-order chi connectivity index (χ0) is 18.9. The van der Waals surface area contributed by atoms with E-state index in [0.717, 1.165) is 16.5 Å². The minimum absolute atomic E-state index is 0.0983. The fourth-order valence-electron chi connectivity index (χ4n) is 3.62. The summed E-state index contributed by atoms with van der Waals surface area (Å²) in [6.07, 6.45) is 0.763. The molecule has 1 saturated heterocycles. The average Bonchev–Trinajstić information content (AvgIpc) is 3.23. The standard InChI is InChI=1S/C21H21NO4S/c23-20(12-15-10-11-27(24,25)14-15)22-21(16-6-2-1-3-7-16)19-13-17-8-4-5-9-18(17)26-19/h1-9,13,15,21H,10-12,14H2,(H,22,23). The first-order chi connectivity index (χ1) is 13.0. The number of nitrogens with one attached hydrogen (secondary N) is 1. The third-order valence-corrected chi connectivity index (χ3v) is 6.81. The number of hydrogen-bond donors (Lipinski definition) is 1. The Balaban J connectivity index is 1.58. The van der Waals surface area contributed by atoms with Crippen LogP contribution in [-0.4, -0.2) is 25.8 Å². The molecule has 140 valence electrons. The Labute approximate surface area is 158 Å². The number of sulfone groups is 1. The van der Waals surface area contributed by atoms with E-state index in [4.69, 9.17) is 4.42 Å². The third kappa shape index (κ3) is 4.06. The van der Waals surface area contributed by atoms with Gasteiger partial charge in [-0.05, 0) is 30.0 Å². The van der Waals surface area contributed by atoms with Crippen molar-refractivity contribution in [1.82, 2.24) is 5.32 Å². The summed E-state index contributed by atoms with van der Waals surface area (Å²) < 4.78 is 29.3. The van der Waals surface area contributed by atoms with Crippen molar-refractivity contribution in [3.8, 4) is 0 Å². The van der Waals surface area contributed by atoms with Crippen LogP contribution < -0.4 is 5.32 Å². The minimum Gasteiger partial charge on any atom is -0.459 e. The fraction of sp³-hybridized carbons (Fsp3) is 0.286. The Bertz CT molecular complexity index is 1020. The van der Waals surface area contributed by atoms with E-state index in [-0.39, 0.29) is 29.8 Å². The molecule has 1 N–H and O–H groups in total. The van der Waals surface area contributed by atoms with Gasteiger partial charge in [0, 0.05) is 11.8 Å². The molecule has 5 nitrogen and oxygen atoms in total. The van der Waals surface area contributed by atoms with Gasteiger partial charge in [-0.25, -0.2) is 8.42 Å². The first-order valence-electron chi connectivity index (χ1n) is 9.03. The lowest BCUT2D eigenvalue weighted by Gasteiger charge is -2.18. The van der Waals surface area contributed by atoms with Gasteiger partial charge in [0.15, 0.2) is 9.84 Å². The second kappa shape index (κ2) is 7.19. The summed E-state index contributed by atoms with van der Waals surface area (Å²) >= 11 is 0. The monoisotopic (exact) mass is 383 g/mol. The topological polar surface area (TPSA) is 76.4 Å². The summed E-state index contributed by atoms with van der Waals surface area (Å²) in [6, 6.07) is 18.9. The highest BCUT2D eigenvalue weighted by Gasteiger charge is 2.30. The fourth-order valence-corrected chi connectivity index (χ4v) is 5.49. The zero-order valence-electron chi connectivity index (χ0n) is 14.8. The maximum absolute atomic E-state index is 12.6. The first-order valence-corrected chi connectivity index (χ1v) is 10.9. The summed E-state index contributed by atoms with van der Waals surface area (Å²) in [7, 11) is -2.99. The molecule has 0 saturated carbocycles. The lowest BCUT2D eigenvalue weighted by Crippen LogP contribution is -2.30. The molecule has 2 unspecified atom stereocenters. The molecule has 0 radical (unpaired) electrons. The minimum atomic E-state index is -2.99. The smallest absolute Gasteiger partial charge is 0.221 e. The van der Waals surface area contributed by atoms with Gasteiger partial charge in [0.2, 0.25) is 5.91 Å². The molecule has 4 rings (SSSR count). The van der Waals surface area contributed by atoms with Crippen LogP contribution in [0.2, 0.25) is 0 Å². The van der Waals surface area contributed by atoms with Crippen molar-refractivity contribution in [2.45, 2.75) is 18.9 Å². The van der Waals surface area contributed by atoms with Crippen LogP contribution in [0.15, 0.2) is 65.1 Å². The first kappa shape index (κ1) is 17.8. The summed E-state index contributed by atoms with van der Waals surface area (Å²) in [5, 5.41) is 4.01. The molecule has 1 amide bonds. The van der Waals surface area contributed by atoms with Gasteiger partial charge in [-0.2, -0.15) is 0 Å². The molecule has 1 aliphatic rings. The van der Waals surface area contributed by atoms with E-state index in [2.05, 4.69) is 5.32 Å². The molecule has 1 aliphatic heterocycles. The van der Waals surface area contributed by atoms with E-state index in [9.17, 15) is 13.2 Å². The van der Waals surface area contributed by atoms with Crippen LogP contribution in [0, 0.1) is 5.92 Å². The maximum atomic E-state index is 12.6. The number of rotatable bonds is 5. The summed E-state index contributed by atoms with van der Waals surface area (Å²) in [6.45, 7) is 0. The van der Waals surface area contributed by atoms with Crippen LogP contribution in [0.5, 0.6) is 0 Å². The van der Waals surface area contributed by atoms with Crippen molar-refractivity contribution in [2.75, 3.05) is 11.5 Å². The molecule has 1 fully saturated rings. The van der Waals surface area contributed by atoms with E-state index in [0.29, 0.717) is 12.2 Å². The van der Waals surface area contributed by atoms with Gasteiger partial charge in [-0.3, -0.25) is 4.79 Å². The molecule has 6 heteroatoms. The number of carbonyl (C=O) groups is 1. The van der Waals surface area contributed by atoms with E-state index in [1.807, 2.05) is 60.7 Å². The third-order valence-electron chi connectivity index (χ3n) is 4.97. The predicted octanol–water partition coefficient (Wildman–Crippen LogP) is 3.46. The normalized spacial score (nSPS) is 19.8. The van der Waals surface area contributed by atoms with E-state index < -0.39 is 15.9 Å². The molecular formula is C21H21NO4S. The lowest BCUT2D eigenvalue weighted by molar-refractivity contribution is -0.122. The van der Waals surface area contributed by atoms with Gasteiger partial charge >= 0.3 is 0 Å². The molecule has 3 aromatic rings. The van der Waals surface area contributed by atoms with Gasteiger partial charge in [0.05, 0.1) is 11.5 Å². The molecule has 2 aromatic carbocycles. The summed E-state index contributed by atoms with van der Waals surface area (Å²) in [4.78, 5) is 12.6. The number of furan rings is 1. The Kier molecular flexibility index (Phi) is 4.74. The SMILES string of the molecule is O=C(CC1CCS(=O)(=O)C1)NC(c1ccccc1)c1cc2ccccc2o1. The number of fused-ring (bicyclic) bond motifs is 1. The van der Waals surface area contributed by atoms with Crippen molar-refractivity contribution in [3.63, 3.8) is 0 Å². The number of amides is 1. The Morgan fingerprint density at radius 2 is 1.85 bits per heavy atom. The van der Waals surface area contributed by atoms with Crippen molar-refractivity contribution >= 4 is 26.7 Å². The van der Waals surface area contributed by atoms with E-state index in [1.165, 1.54) is 0 Å². The molecule has 2 heterocycles. The van der Waals surface area contributed by atoms with Crippen LogP contribution in [0.25, 0.3) is 11.0 Å². The number of benzene rings is 2. The van der Waals surface area contributed by atoms with Crippen LogP contribution in [0.4, 0.5) is 0 Å². The van der Waals surface area contributed by atoms with Crippen LogP contribution in [-0.2, 0) is 14.6 Å². The Morgan fingerprint density at radius 1 is 1.11 bits per heavy atom. The number of para-hydroxylation sites is 1. The van der Waals surface area contributed by atoms with Gasteiger partial charge < -0.3 is 9.73 Å². The van der Waals surface area contributed by atoms with E-state index in [1.54, 1.807) is 0 Å². The quantitative estimate of drug-likeness (QED) is 0.732. The second-order valence-electron chi connectivity index (χ2n) is 7.07. The lowest BCUT2D eigenvalue weighted by atomic mass is 10.0. The van der Waals surface area contributed by atoms with E-state index >= 15 is 0 Å². The molecular weight excluding hydrogens is 362 g/mol. The molecule has 2 atom stereocenters. The second-order valence-corrected chi connectivity index (χ2v) is 9.30. The van der Waals surface area contributed by atoms with Crippen molar-refractivity contribution in [1.29, 1.82) is 0 Å². The number of carbonyl (C=O) groups excluding carboxylic acids is 1. The molecule has 27 heavy (non-hydrogen) atoms. The van der Waals surface area contributed by atoms with Gasteiger partial charge in [0.25, 0.3) is 0 Å². The van der Waals surface area contributed by atoms with Crippen molar-refractivity contribution < 1.29 is 17.6 Å². The molecule has 0 spiro atoms. The van der Waals surface area contributed by atoms with Gasteiger partial charge in [-0.15, -0.1) is 0 Å². The predicted molar refractivity (Wildman–Crippen MR) is 104 cm³/mol. The van der Waals surface area contributed by atoms with Crippen molar-refractivity contribution in [3.05, 3.63) is 72.0 Å². The summed E-state index contributed by atoms with van der Waals surface area (Å²) in [5.41, 5.74) is 1.69. The summed E-state index contributed by atoms with van der Waals surface area (Å²) in [5.74, 6) is 0.667. The average molecular weight is 383 g/mol. The largest absolute Gasteiger partial charge is 0.459 e. The zero-order valence-corrected chi connectivity index (χ0v) is 15.6. The highest BCUT2D eigenvalue weighted by atomic mass is 32.2. The van der Waals surface area contributed by atoms with Crippen molar-refractivity contribution in [2.24, 2.45) is 5.92 Å². The van der Waals surface area contributed by atoms with Crippen LogP contribution >= 0.6 is 0 Å². The molecule has 0 bridgehead atoms. The highest BCUT2D eigenvalue weighted by Crippen LogP contribution is 2.29. The Morgan fingerprint density at radius 3 is 2.56 bits per heavy atom. The molecule has 0 aliphatic carbocycles. The van der Waals surface area contributed by atoms with Crippen LogP contribution in [0.1, 0.15) is 30.2 Å². The van der Waals surface area contributed by atoms with Gasteiger partial charge in [0.1, 0.15) is 17.4 Å². The highest BCUT2D eigenvalue weighted by molar-refractivity contribution is 7.91. The Hall–Kier alpha value is -2.60. The molecule has 1 aromatic heterocycles. The maximum Gasteiger partial charge on any atom is 0.221 e.